The number of carbonyl (C=O) groups excluding carboxylic acids is 1. The highest BCUT2D eigenvalue weighted by atomic mass is 16.6. The van der Waals surface area contributed by atoms with Crippen molar-refractivity contribution in [2.45, 2.75) is 26.4 Å². The van der Waals surface area contributed by atoms with E-state index >= 15 is 0 Å². The number of ether oxygens (including phenoxy) is 1. The summed E-state index contributed by atoms with van der Waals surface area (Å²) < 4.78 is 12.9. The molecule has 2 aromatic carbocycles. The van der Waals surface area contributed by atoms with Crippen molar-refractivity contribution >= 4 is 23.3 Å². The van der Waals surface area contributed by atoms with Gasteiger partial charge in [-0.1, -0.05) is 36.4 Å². The molecular weight excluding hydrogens is 380 g/mol. The first kappa shape index (κ1) is 19.4. The Bertz CT molecular complexity index is 1170. The molecule has 2 aromatic heterocycles. The van der Waals surface area contributed by atoms with Crippen molar-refractivity contribution < 1.29 is 13.9 Å². The van der Waals surface area contributed by atoms with E-state index in [4.69, 9.17) is 14.3 Å². The van der Waals surface area contributed by atoms with E-state index in [1.54, 1.807) is 25.5 Å². The second kappa shape index (κ2) is 7.87. The number of benzene rings is 2. The van der Waals surface area contributed by atoms with E-state index in [9.17, 15) is 4.79 Å². The number of aromatic nitrogens is 2. The van der Waals surface area contributed by atoms with Crippen LogP contribution < -0.4 is 5.43 Å². The van der Waals surface area contributed by atoms with Crippen LogP contribution in [0.4, 0.5) is 4.79 Å². The van der Waals surface area contributed by atoms with Crippen molar-refractivity contribution in [3.05, 3.63) is 72.4 Å². The van der Waals surface area contributed by atoms with E-state index in [0.29, 0.717) is 17.0 Å². The number of rotatable bonds is 4. The summed E-state index contributed by atoms with van der Waals surface area (Å²) in [6.45, 7) is 5.37. The van der Waals surface area contributed by atoms with Gasteiger partial charge < -0.3 is 9.15 Å². The quantitative estimate of drug-likeness (QED) is 0.378. The van der Waals surface area contributed by atoms with E-state index in [0.717, 1.165) is 16.7 Å². The molecule has 4 aromatic rings. The first-order valence-electron chi connectivity index (χ1n) is 9.55. The van der Waals surface area contributed by atoms with Crippen LogP contribution in [0.2, 0.25) is 0 Å². The Morgan fingerprint density at radius 1 is 1.13 bits per heavy atom. The van der Waals surface area contributed by atoms with Crippen LogP contribution in [0, 0.1) is 0 Å². The van der Waals surface area contributed by atoms with Gasteiger partial charge in [0.05, 0.1) is 11.9 Å². The molecule has 0 saturated carbocycles. The van der Waals surface area contributed by atoms with Crippen LogP contribution in [0.5, 0.6) is 0 Å². The molecule has 7 nitrogen and oxygen atoms in total. The summed E-state index contributed by atoms with van der Waals surface area (Å²) in [6, 6.07) is 19.4. The fourth-order valence-corrected chi connectivity index (χ4v) is 2.94. The summed E-state index contributed by atoms with van der Waals surface area (Å²) in [4.78, 5) is 11.9. The maximum absolute atomic E-state index is 11.9. The summed E-state index contributed by atoms with van der Waals surface area (Å²) in [5.41, 5.74) is 4.76. The molecule has 0 bridgehead atoms. The van der Waals surface area contributed by atoms with Gasteiger partial charge in [-0.3, -0.25) is 0 Å². The van der Waals surface area contributed by atoms with Gasteiger partial charge in [0.2, 0.25) is 0 Å². The maximum atomic E-state index is 11.9. The van der Waals surface area contributed by atoms with Crippen LogP contribution in [-0.4, -0.2) is 27.7 Å². The largest absolute Gasteiger partial charge is 0.454 e. The third-order valence-electron chi connectivity index (χ3n) is 4.18. The van der Waals surface area contributed by atoms with Crippen molar-refractivity contribution in [1.82, 2.24) is 15.2 Å². The summed E-state index contributed by atoms with van der Waals surface area (Å²) >= 11 is 0. The molecule has 4 rings (SSSR count). The molecular formula is C23H22N4O3. The fraction of sp³-hybridized carbons (Fsp3) is 0.174. The first-order valence-corrected chi connectivity index (χ1v) is 9.55. The van der Waals surface area contributed by atoms with Crippen LogP contribution in [-0.2, 0) is 4.74 Å². The molecule has 1 N–H and O–H groups in total. The Kier molecular flexibility index (Phi) is 5.10. The van der Waals surface area contributed by atoms with Crippen LogP contribution >= 0.6 is 0 Å². The highest BCUT2D eigenvalue weighted by Gasteiger charge is 2.17. The third kappa shape index (κ3) is 4.41. The van der Waals surface area contributed by atoms with Gasteiger partial charge >= 0.3 is 6.09 Å². The van der Waals surface area contributed by atoms with Crippen LogP contribution in [0.3, 0.4) is 0 Å². The van der Waals surface area contributed by atoms with Crippen molar-refractivity contribution in [3.63, 3.8) is 0 Å². The number of hydrazone groups is 1. The third-order valence-corrected chi connectivity index (χ3v) is 4.18. The predicted octanol–water partition coefficient (Wildman–Crippen LogP) is 5.14. The standard InChI is InChI=1S/C23H22N4O3/c1-23(2,3)30-22(28)25-24-14-17-15-27(18-10-5-4-6-11-18)26-21(17)20-13-16-9-7-8-12-19(16)29-20/h4-15H,1-3H3,(H,25,28). The molecule has 0 aliphatic carbocycles. The number of nitrogens with one attached hydrogen (secondary N) is 1. The van der Waals surface area contributed by atoms with Gasteiger partial charge in [-0.05, 0) is 45.0 Å². The minimum absolute atomic E-state index is 0.600. The molecule has 2 heterocycles. The van der Waals surface area contributed by atoms with E-state index in [1.165, 1.54) is 6.21 Å². The average Bonchev–Trinajstić information content (AvgIpc) is 3.31. The zero-order valence-electron chi connectivity index (χ0n) is 17.0. The molecule has 1 amide bonds. The number of furan rings is 1. The minimum Gasteiger partial charge on any atom is -0.454 e. The molecule has 0 unspecified atom stereocenters. The number of nitrogens with zero attached hydrogens (tertiary/aromatic N) is 3. The number of hydrogen-bond acceptors (Lipinski definition) is 5. The lowest BCUT2D eigenvalue weighted by Crippen LogP contribution is -2.29. The molecule has 0 aliphatic heterocycles. The highest BCUT2D eigenvalue weighted by molar-refractivity contribution is 5.91. The smallest absolute Gasteiger partial charge is 0.428 e. The van der Waals surface area contributed by atoms with Crippen molar-refractivity contribution in [2.24, 2.45) is 5.10 Å². The Hall–Kier alpha value is -3.87. The second-order valence-corrected chi connectivity index (χ2v) is 7.73. The summed E-state index contributed by atoms with van der Waals surface area (Å²) in [5.74, 6) is 0.615. The summed E-state index contributed by atoms with van der Waals surface area (Å²) in [7, 11) is 0. The van der Waals surface area contributed by atoms with Crippen molar-refractivity contribution in [2.75, 3.05) is 0 Å². The van der Waals surface area contributed by atoms with Crippen molar-refractivity contribution in [1.29, 1.82) is 0 Å². The lowest BCUT2D eigenvalue weighted by molar-refractivity contribution is 0.0529. The first-order chi connectivity index (χ1) is 14.4. The average molecular weight is 402 g/mol. The van der Waals surface area contributed by atoms with E-state index < -0.39 is 11.7 Å². The lowest BCUT2D eigenvalue weighted by Gasteiger charge is -2.18. The molecule has 0 aliphatic rings. The maximum Gasteiger partial charge on any atom is 0.428 e. The normalized spacial score (nSPS) is 11.8. The Labute approximate surface area is 174 Å². The molecule has 0 spiro atoms. The topological polar surface area (TPSA) is 81.6 Å². The van der Waals surface area contributed by atoms with E-state index in [2.05, 4.69) is 10.5 Å². The molecule has 0 radical (unpaired) electrons. The van der Waals surface area contributed by atoms with Gasteiger partial charge in [0.1, 0.15) is 16.9 Å². The fourth-order valence-electron chi connectivity index (χ4n) is 2.94. The zero-order chi connectivity index (χ0) is 21.1. The second-order valence-electron chi connectivity index (χ2n) is 7.73. The Morgan fingerprint density at radius 2 is 1.87 bits per heavy atom. The number of amides is 1. The number of hydrogen-bond donors (Lipinski definition) is 1. The SMILES string of the molecule is CC(C)(C)OC(=O)NN=Cc1cn(-c2ccccc2)nc1-c1cc2ccccc2o1. The van der Waals surface area contributed by atoms with Crippen LogP contribution in [0.15, 0.2) is 76.4 Å². The number of carbonyl (C=O) groups is 1. The molecule has 152 valence electrons. The molecule has 30 heavy (non-hydrogen) atoms. The number of fused-ring (bicyclic) bond motifs is 1. The summed E-state index contributed by atoms with van der Waals surface area (Å²) in [5, 5.41) is 9.70. The van der Waals surface area contributed by atoms with Gasteiger partial charge in [0, 0.05) is 17.1 Å². The Balaban J connectivity index is 1.68. The predicted molar refractivity (Wildman–Crippen MR) is 116 cm³/mol. The molecule has 7 heteroatoms. The molecule has 0 fully saturated rings. The summed E-state index contributed by atoms with van der Waals surface area (Å²) in [6.07, 6.45) is 2.73. The van der Waals surface area contributed by atoms with Crippen molar-refractivity contribution in [3.8, 4) is 17.1 Å². The highest BCUT2D eigenvalue weighted by Crippen LogP contribution is 2.29. The minimum atomic E-state index is -0.625. The van der Waals surface area contributed by atoms with E-state index in [-0.39, 0.29) is 0 Å². The molecule has 0 atom stereocenters. The van der Waals surface area contributed by atoms with Gasteiger partial charge in [0.25, 0.3) is 0 Å². The van der Waals surface area contributed by atoms with Crippen LogP contribution in [0.25, 0.3) is 28.1 Å². The zero-order valence-corrected chi connectivity index (χ0v) is 17.0. The monoisotopic (exact) mass is 402 g/mol. The molecule has 0 saturated heterocycles. The Morgan fingerprint density at radius 3 is 2.60 bits per heavy atom. The van der Waals surface area contributed by atoms with Gasteiger partial charge in [0.15, 0.2) is 5.76 Å². The van der Waals surface area contributed by atoms with Gasteiger partial charge in [-0.25, -0.2) is 14.9 Å². The van der Waals surface area contributed by atoms with Crippen LogP contribution in [0.1, 0.15) is 26.3 Å². The lowest BCUT2D eigenvalue weighted by atomic mass is 10.2. The van der Waals surface area contributed by atoms with Gasteiger partial charge in [-0.2, -0.15) is 10.2 Å². The number of para-hydroxylation sites is 2. The van der Waals surface area contributed by atoms with Gasteiger partial charge in [-0.15, -0.1) is 0 Å². The van der Waals surface area contributed by atoms with E-state index in [1.807, 2.05) is 66.9 Å².